The molecule has 172 valence electrons. The van der Waals surface area contributed by atoms with Crippen LogP contribution in [0, 0.1) is 0 Å². The van der Waals surface area contributed by atoms with E-state index in [0.29, 0.717) is 31.1 Å². The Morgan fingerprint density at radius 3 is 2.48 bits per heavy atom. The molecule has 1 saturated carbocycles. The number of nitrogens with zero attached hydrogens (tertiary/aromatic N) is 2. The molecule has 3 N–H and O–H groups in total. The van der Waals surface area contributed by atoms with E-state index >= 15 is 0 Å². The van der Waals surface area contributed by atoms with E-state index in [9.17, 15) is 9.59 Å². The number of methoxy groups -OCH3 is 2. The zero-order chi connectivity index (χ0) is 22.4. The third-order valence-electron chi connectivity index (χ3n) is 6.57. The summed E-state index contributed by atoms with van der Waals surface area (Å²) in [4.78, 5) is 28.7. The third kappa shape index (κ3) is 5.81. The Kier molecular flexibility index (Phi) is 8.01. The number of piperazine rings is 1. The maximum absolute atomic E-state index is 12.8. The summed E-state index contributed by atoms with van der Waals surface area (Å²) in [5.41, 5.74) is 6.62. The molecule has 1 aliphatic heterocycles. The number of amides is 3. The summed E-state index contributed by atoms with van der Waals surface area (Å²) >= 11 is 0. The van der Waals surface area contributed by atoms with Gasteiger partial charge < -0.3 is 25.4 Å². The largest absolute Gasteiger partial charge is 0.493 e. The van der Waals surface area contributed by atoms with Crippen molar-refractivity contribution in [2.75, 3.05) is 33.9 Å². The quantitative estimate of drug-likeness (QED) is 0.690. The van der Waals surface area contributed by atoms with Crippen molar-refractivity contribution in [1.29, 1.82) is 0 Å². The van der Waals surface area contributed by atoms with E-state index in [0.717, 1.165) is 18.4 Å². The number of ether oxygens (including phenoxy) is 2. The van der Waals surface area contributed by atoms with E-state index in [4.69, 9.17) is 15.2 Å². The third-order valence-corrected chi connectivity index (χ3v) is 6.57. The molecule has 2 aliphatic rings. The zero-order valence-corrected chi connectivity index (χ0v) is 18.9. The maximum Gasteiger partial charge on any atom is 0.317 e. The van der Waals surface area contributed by atoms with Crippen LogP contribution < -0.4 is 20.5 Å². The van der Waals surface area contributed by atoms with E-state index in [2.05, 4.69) is 17.1 Å². The number of hydrogen-bond donors (Lipinski definition) is 2. The van der Waals surface area contributed by atoms with Crippen molar-refractivity contribution in [2.24, 2.45) is 5.73 Å². The average Bonchev–Trinajstić information content (AvgIpc) is 2.78. The van der Waals surface area contributed by atoms with Crippen molar-refractivity contribution >= 4 is 11.9 Å². The molecule has 1 aliphatic carbocycles. The van der Waals surface area contributed by atoms with Crippen LogP contribution in [0.25, 0.3) is 0 Å². The number of urea groups is 1. The van der Waals surface area contributed by atoms with Crippen molar-refractivity contribution in [3.63, 3.8) is 0 Å². The first-order valence-corrected chi connectivity index (χ1v) is 11.2. The van der Waals surface area contributed by atoms with Crippen LogP contribution in [-0.2, 0) is 4.79 Å². The highest BCUT2D eigenvalue weighted by Gasteiger charge is 2.34. The van der Waals surface area contributed by atoms with Crippen LogP contribution in [-0.4, -0.2) is 67.7 Å². The molecule has 1 aromatic carbocycles. The minimum absolute atomic E-state index is 0.0280. The number of rotatable bonds is 7. The van der Waals surface area contributed by atoms with Gasteiger partial charge in [0.1, 0.15) is 0 Å². The average molecular weight is 433 g/mol. The minimum Gasteiger partial charge on any atom is -0.493 e. The van der Waals surface area contributed by atoms with Crippen LogP contribution >= 0.6 is 0 Å². The Hall–Kier alpha value is -2.48. The molecular weight excluding hydrogens is 396 g/mol. The summed E-state index contributed by atoms with van der Waals surface area (Å²) < 4.78 is 10.8. The molecule has 8 heteroatoms. The highest BCUT2D eigenvalue weighted by Crippen LogP contribution is 2.33. The van der Waals surface area contributed by atoms with E-state index in [1.54, 1.807) is 14.2 Å². The van der Waals surface area contributed by atoms with Crippen molar-refractivity contribution in [1.82, 2.24) is 15.1 Å². The first-order chi connectivity index (χ1) is 14.9. The van der Waals surface area contributed by atoms with Gasteiger partial charge in [-0.05, 0) is 37.5 Å². The van der Waals surface area contributed by atoms with Crippen LogP contribution in [0.15, 0.2) is 18.2 Å². The molecule has 0 bridgehead atoms. The Bertz CT molecular complexity index is 766. The topological polar surface area (TPSA) is 97.1 Å². The normalized spacial score (nSPS) is 21.4. The first-order valence-electron chi connectivity index (χ1n) is 11.2. The number of benzene rings is 1. The van der Waals surface area contributed by atoms with E-state index in [1.165, 1.54) is 19.3 Å². The summed E-state index contributed by atoms with van der Waals surface area (Å²) in [6, 6.07) is 6.00. The Labute approximate surface area is 185 Å². The number of nitrogens with one attached hydrogen (secondary N) is 1. The number of nitrogens with two attached hydrogens (primary N) is 1. The minimum atomic E-state index is -0.357. The molecule has 2 atom stereocenters. The molecule has 8 nitrogen and oxygen atoms in total. The van der Waals surface area contributed by atoms with E-state index < -0.39 is 0 Å². The standard InChI is InChI=1S/C23H36N4O4/c1-16(17-9-10-20(30-2)21(13-17)31-3)27-12-11-26(15-19(27)14-22(24)28)23(29)25-18-7-5-4-6-8-18/h9-10,13,16,18-19H,4-8,11-12,14-15H2,1-3H3,(H2,24,28)(H,25,29). The molecule has 2 fully saturated rings. The van der Waals surface area contributed by atoms with Gasteiger partial charge in [0.15, 0.2) is 11.5 Å². The summed E-state index contributed by atoms with van der Waals surface area (Å²) in [5.74, 6) is 0.990. The highest BCUT2D eigenvalue weighted by atomic mass is 16.5. The van der Waals surface area contributed by atoms with Crippen molar-refractivity contribution in [2.45, 2.75) is 63.6 Å². The second-order valence-electron chi connectivity index (χ2n) is 8.58. The van der Waals surface area contributed by atoms with Crippen LogP contribution in [0.5, 0.6) is 11.5 Å². The fourth-order valence-electron chi connectivity index (χ4n) is 4.79. The smallest absolute Gasteiger partial charge is 0.317 e. The van der Waals surface area contributed by atoms with Crippen LogP contribution in [0.2, 0.25) is 0 Å². The lowest BCUT2D eigenvalue weighted by atomic mass is 9.95. The van der Waals surface area contributed by atoms with Crippen molar-refractivity contribution < 1.29 is 19.1 Å². The van der Waals surface area contributed by atoms with Gasteiger partial charge >= 0.3 is 6.03 Å². The predicted molar refractivity (Wildman–Crippen MR) is 119 cm³/mol. The number of carbonyl (C=O) groups is 2. The molecule has 0 aromatic heterocycles. The summed E-state index contributed by atoms with van der Waals surface area (Å²) in [6.07, 6.45) is 5.90. The second kappa shape index (κ2) is 10.7. The van der Waals surface area contributed by atoms with Gasteiger partial charge in [-0.2, -0.15) is 0 Å². The lowest BCUT2D eigenvalue weighted by molar-refractivity contribution is -0.120. The molecule has 31 heavy (non-hydrogen) atoms. The fourth-order valence-corrected chi connectivity index (χ4v) is 4.79. The van der Waals surface area contributed by atoms with Gasteiger partial charge in [0.2, 0.25) is 5.91 Å². The summed E-state index contributed by atoms with van der Waals surface area (Å²) in [7, 11) is 3.23. The molecular formula is C23H36N4O4. The molecule has 3 rings (SSSR count). The SMILES string of the molecule is COc1ccc(C(C)N2CCN(C(=O)NC3CCCCC3)CC2CC(N)=O)cc1OC. The van der Waals surface area contributed by atoms with Gasteiger partial charge in [-0.3, -0.25) is 9.69 Å². The van der Waals surface area contributed by atoms with Gasteiger partial charge in [0.25, 0.3) is 0 Å². The lowest BCUT2D eigenvalue weighted by Crippen LogP contribution is -2.58. The van der Waals surface area contributed by atoms with Gasteiger partial charge in [0.05, 0.1) is 14.2 Å². The fraction of sp³-hybridized carbons (Fsp3) is 0.652. The van der Waals surface area contributed by atoms with E-state index in [1.807, 2.05) is 23.1 Å². The Balaban J connectivity index is 1.70. The second-order valence-corrected chi connectivity index (χ2v) is 8.58. The number of hydrogen-bond acceptors (Lipinski definition) is 5. The molecule has 0 radical (unpaired) electrons. The molecule has 2 unspecified atom stereocenters. The maximum atomic E-state index is 12.8. The lowest BCUT2D eigenvalue weighted by Gasteiger charge is -2.44. The van der Waals surface area contributed by atoms with Gasteiger partial charge in [-0.25, -0.2) is 4.79 Å². The molecule has 3 amide bonds. The zero-order valence-electron chi connectivity index (χ0n) is 18.9. The monoisotopic (exact) mass is 432 g/mol. The number of primary amides is 1. The van der Waals surface area contributed by atoms with E-state index in [-0.39, 0.29) is 36.5 Å². The van der Waals surface area contributed by atoms with Crippen LogP contribution in [0.1, 0.15) is 57.1 Å². The Morgan fingerprint density at radius 2 is 1.84 bits per heavy atom. The van der Waals surface area contributed by atoms with Gasteiger partial charge in [0, 0.05) is 44.2 Å². The molecule has 0 spiro atoms. The van der Waals surface area contributed by atoms with Crippen molar-refractivity contribution in [3.8, 4) is 11.5 Å². The summed E-state index contributed by atoms with van der Waals surface area (Å²) in [5, 5.41) is 3.19. The highest BCUT2D eigenvalue weighted by molar-refractivity contribution is 5.76. The van der Waals surface area contributed by atoms with Crippen molar-refractivity contribution in [3.05, 3.63) is 23.8 Å². The van der Waals surface area contributed by atoms with Crippen LogP contribution in [0.4, 0.5) is 4.79 Å². The first kappa shape index (κ1) is 23.2. The predicted octanol–water partition coefficient (Wildman–Crippen LogP) is 2.67. The van der Waals surface area contributed by atoms with Crippen LogP contribution in [0.3, 0.4) is 0 Å². The number of carbonyl (C=O) groups excluding carboxylic acids is 2. The van der Waals surface area contributed by atoms with Gasteiger partial charge in [-0.15, -0.1) is 0 Å². The Morgan fingerprint density at radius 1 is 1.13 bits per heavy atom. The summed E-state index contributed by atoms with van der Waals surface area (Å²) in [6.45, 7) is 3.88. The molecule has 1 saturated heterocycles. The van der Waals surface area contributed by atoms with Gasteiger partial charge in [-0.1, -0.05) is 25.3 Å². The molecule has 1 heterocycles. The molecule has 1 aromatic rings.